The number of ketones is 1. The van der Waals surface area contributed by atoms with Crippen molar-refractivity contribution in [2.24, 2.45) is 5.92 Å². The predicted octanol–water partition coefficient (Wildman–Crippen LogP) is 2.37. The van der Waals surface area contributed by atoms with Gasteiger partial charge < -0.3 is 10.1 Å². The summed E-state index contributed by atoms with van der Waals surface area (Å²) in [6.45, 7) is 0. The summed E-state index contributed by atoms with van der Waals surface area (Å²) >= 11 is 0. The van der Waals surface area contributed by atoms with E-state index >= 15 is 0 Å². The lowest BCUT2D eigenvalue weighted by molar-refractivity contribution is -0.385. The van der Waals surface area contributed by atoms with Crippen molar-refractivity contribution in [2.75, 3.05) is 7.11 Å². The average Bonchev–Trinajstić information content (AvgIpc) is 2.62. The SMILES string of the molecule is COc1ccc(C(=O)C(C#N)C(=O)NC2CCCCC2)cc1[N+](=O)[O-]. The van der Waals surface area contributed by atoms with Gasteiger partial charge in [-0.15, -0.1) is 0 Å². The highest BCUT2D eigenvalue weighted by molar-refractivity contribution is 6.12. The number of ether oxygens (including phenoxy) is 1. The molecule has 1 fully saturated rings. The number of amides is 1. The Balaban J connectivity index is 2.18. The van der Waals surface area contributed by atoms with Gasteiger partial charge in [0.1, 0.15) is 0 Å². The minimum absolute atomic E-state index is 0.00159. The molecule has 1 saturated carbocycles. The second kappa shape index (κ2) is 8.24. The molecule has 0 spiro atoms. The van der Waals surface area contributed by atoms with Crippen LogP contribution in [0.15, 0.2) is 18.2 Å². The number of hydrogen-bond donors (Lipinski definition) is 1. The van der Waals surface area contributed by atoms with E-state index in [0.717, 1.165) is 38.2 Å². The Bertz CT molecular complexity index is 719. The Hall–Kier alpha value is -2.95. The number of hydrogen-bond acceptors (Lipinski definition) is 6. The molecule has 8 nitrogen and oxygen atoms in total. The molecule has 0 radical (unpaired) electrons. The molecule has 0 bridgehead atoms. The highest BCUT2D eigenvalue weighted by Gasteiger charge is 2.31. The Morgan fingerprint density at radius 1 is 1.36 bits per heavy atom. The summed E-state index contributed by atoms with van der Waals surface area (Å²) in [4.78, 5) is 35.2. The van der Waals surface area contributed by atoms with E-state index in [2.05, 4.69) is 5.32 Å². The zero-order chi connectivity index (χ0) is 18.4. The van der Waals surface area contributed by atoms with Crippen molar-refractivity contribution in [2.45, 2.75) is 38.1 Å². The van der Waals surface area contributed by atoms with Gasteiger partial charge in [-0.1, -0.05) is 19.3 Å². The lowest BCUT2D eigenvalue weighted by Gasteiger charge is -2.23. The number of nitrogens with zero attached hydrogens (tertiary/aromatic N) is 2. The highest BCUT2D eigenvalue weighted by atomic mass is 16.6. The van der Waals surface area contributed by atoms with Crippen molar-refractivity contribution < 1.29 is 19.2 Å². The summed E-state index contributed by atoms with van der Waals surface area (Å²) in [6.07, 6.45) is 4.77. The molecule has 1 amide bonds. The summed E-state index contributed by atoms with van der Waals surface area (Å²) in [5.74, 6) is -2.95. The van der Waals surface area contributed by atoms with Gasteiger partial charge in [-0.05, 0) is 25.0 Å². The maximum atomic E-state index is 12.5. The van der Waals surface area contributed by atoms with Crippen LogP contribution in [0.1, 0.15) is 42.5 Å². The van der Waals surface area contributed by atoms with Crippen LogP contribution in [0.25, 0.3) is 0 Å². The zero-order valence-electron chi connectivity index (χ0n) is 13.9. The summed E-state index contributed by atoms with van der Waals surface area (Å²) in [7, 11) is 1.28. The van der Waals surface area contributed by atoms with Gasteiger partial charge in [0.25, 0.3) is 0 Å². The fraction of sp³-hybridized carbons (Fsp3) is 0.471. The standard InChI is InChI=1S/C17H19N3O5/c1-25-15-8-7-11(9-14(15)20(23)24)16(21)13(10-18)17(22)19-12-5-3-2-4-6-12/h7-9,12-13H,2-6H2,1H3,(H,19,22). The number of carbonyl (C=O) groups excluding carboxylic acids is 2. The molecule has 0 aliphatic heterocycles. The van der Waals surface area contributed by atoms with Crippen molar-refractivity contribution in [3.05, 3.63) is 33.9 Å². The summed E-state index contributed by atoms with van der Waals surface area (Å²) < 4.78 is 4.88. The molecule has 1 unspecified atom stereocenters. The second-order valence-corrected chi connectivity index (χ2v) is 5.91. The van der Waals surface area contributed by atoms with Crippen molar-refractivity contribution in [1.82, 2.24) is 5.32 Å². The van der Waals surface area contributed by atoms with E-state index in [-0.39, 0.29) is 17.4 Å². The summed E-state index contributed by atoms with van der Waals surface area (Å²) in [5.41, 5.74) is -0.462. The average molecular weight is 345 g/mol. The number of methoxy groups -OCH3 is 1. The Morgan fingerprint density at radius 3 is 2.60 bits per heavy atom. The normalized spacial score (nSPS) is 15.7. The number of nitro groups is 1. The molecule has 132 valence electrons. The largest absolute Gasteiger partial charge is 0.490 e. The smallest absolute Gasteiger partial charge is 0.311 e. The Kier molecular flexibility index (Phi) is 6.06. The highest BCUT2D eigenvalue weighted by Crippen LogP contribution is 2.28. The number of nitriles is 1. The molecule has 2 rings (SSSR count). The van der Waals surface area contributed by atoms with Crippen molar-refractivity contribution >= 4 is 17.4 Å². The molecule has 25 heavy (non-hydrogen) atoms. The molecule has 1 atom stereocenters. The minimum Gasteiger partial charge on any atom is -0.490 e. The second-order valence-electron chi connectivity index (χ2n) is 5.91. The number of benzene rings is 1. The fourth-order valence-corrected chi connectivity index (χ4v) is 2.92. The lowest BCUT2D eigenvalue weighted by Crippen LogP contribution is -2.42. The topological polar surface area (TPSA) is 122 Å². The first-order valence-electron chi connectivity index (χ1n) is 8.04. The number of nitro benzene ring substituents is 1. The van der Waals surface area contributed by atoms with Crippen LogP contribution in [0.5, 0.6) is 5.75 Å². The quantitative estimate of drug-likeness (QED) is 0.365. The molecule has 0 saturated heterocycles. The van der Waals surface area contributed by atoms with Crippen molar-refractivity contribution in [3.63, 3.8) is 0 Å². The van der Waals surface area contributed by atoms with E-state index in [4.69, 9.17) is 4.74 Å². The third kappa shape index (κ3) is 4.32. The van der Waals surface area contributed by atoms with Gasteiger partial charge >= 0.3 is 5.69 Å². The van der Waals surface area contributed by atoms with Gasteiger partial charge in [0.05, 0.1) is 18.1 Å². The monoisotopic (exact) mass is 345 g/mol. The first-order chi connectivity index (χ1) is 12.0. The Labute approximate surface area is 144 Å². The van der Waals surface area contributed by atoms with Gasteiger partial charge in [0.2, 0.25) is 5.91 Å². The first-order valence-corrected chi connectivity index (χ1v) is 8.04. The van der Waals surface area contributed by atoms with Crippen LogP contribution >= 0.6 is 0 Å². The lowest BCUT2D eigenvalue weighted by atomic mass is 9.93. The van der Waals surface area contributed by atoms with Gasteiger partial charge in [-0.25, -0.2) is 0 Å². The van der Waals surface area contributed by atoms with E-state index in [0.29, 0.717) is 0 Å². The van der Waals surface area contributed by atoms with Crippen molar-refractivity contribution in [3.8, 4) is 11.8 Å². The molecule has 8 heteroatoms. The number of carbonyl (C=O) groups is 2. The van der Waals surface area contributed by atoms with Crippen LogP contribution in [-0.4, -0.2) is 29.8 Å². The van der Waals surface area contributed by atoms with Crippen LogP contribution in [0.4, 0.5) is 5.69 Å². The van der Waals surface area contributed by atoms with Crippen LogP contribution in [0.2, 0.25) is 0 Å². The molecule has 1 N–H and O–H groups in total. The maximum absolute atomic E-state index is 12.5. The van der Waals surface area contributed by atoms with Crippen LogP contribution < -0.4 is 10.1 Å². The summed E-state index contributed by atoms with van der Waals surface area (Å²) in [6, 6.07) is 5.29. The number of rotatable bonds is 6. The minimum atomic E-state index is -1.53. The maximum Gasteiger partial charge on any atom is 0.311 e. The first kappa shape index (κ1) is 18.4. The number of Topliss-reactive ketones (excluding diaryl/α,β-unsaturated/α-hetero) is 1. The van der Waals surface area contributed by atoms with Gasteiger partial charge in [0, 0.05) is 17.7 Å². The van der Waals surface area contributed by atoms with E-state index in [9.17, 15) is 25.0 Å². The third-order valence-corrected chi connectivity index (χ3v) is 4.27. The zero-order valence-corrected chi connectivity index (χ0v) is 13.9. The fourth-order valence-electron chi connectivity index (χ4n) is 2.92. The van der Waals surface area contributed by atoms with E-state index in [1.165, 1.54) is 19.2 Å². The Morgan fingerprint density at radius 2 is 2.04 bits per heavy atom. The van der Waals surface area contributed by atoms with E-state index in [1.54, 1.807) is 6.07 Å². The third-order valence-electron chi connectivity index (χ3n) is 4.27. The van der Waals surface area contributed by atoms with E-state index < -0.39 is 28.2 Å². The van der Waals surface area contributed by atoms with Crippen molar-refractivity contribution in [1.29, 1.82) is 5.26 Å². The predicted molar refractivity (Wildman–Crippen MR) is 88.1 cm³/mol. The van der Waals surface area contributed by atoms with Crippen LogP contribution in [0, 0.1) is 27.4 Å². The molecule has 0 aromatic heterocycles. The molecule has 1 aliphatic carbocycles. The van der Waals surface area contributed by atoms with Gasteiger partial charge in [-0.3, -0.25) is 19.7 Å². The molecular formula is C17H19N3O5. The summed E-state index contributed by atoms with van der Waals surface area (Å²) in [5, 5.41) is 23.0. The van der Waals surface area contributed by atoms with Gasteiger partial charge in [-0.2, -0.15) is 5.26 Å². The van der Waals surface area contributed by atoms with Crippen LogP contribution in [-0.2, 0) is 4.79 Å². The molecule has 1 aliphatic rings. The van der Waals surface area contributed by atoms with Gasteiger partial charge in [0.15, 0.2) is 17.5 Å². The molecular weight excluding hydrogens is 326 g/mol. The molecule has 0 heterocycles. The van der Waals surface area contributed by atoms with Crippen LogP contribution in [0.3, 0.4) is 0 Å². The number of nitrogens with one attached hydrogen (secondary N) is 1. The van der Waals surface area contributed by atoms with E-state index in [1.807, 2.05) is 0 Å². The molecule has 1 aromatic rings. The molecule has 1 aromatic carbocycles.